The van der Waals surface area contributed by atoms with Crippen LogP contribution in [0.3, 0.4) is 0 Å². The molecule has 0 spiro atoms. The van der Waals surface area contributed by atoms with Crippen LogP contribution in [0.15, 0.2) is 28.9 Å². The van der Waals surface area contributed by atoms with Crippen LogP contribution in [-0.4, -0.2) is 16.9 Å². The van der Waals surface area contributed by atoms with Crippen molar-refractivity contribution in [1.82, 2.24) is 0 Å². The van der Waals surface area contributed by atoms with Crippen LogP contribution in [0.1, 0.15) is 13.8 Å². The van der Waals surface area contributed by atoms with Crippen molar-refractivity contribution in [3.05, 3.63) is 23.9 Å². The first-order valence-corrected chi connectivity index (χ1v) is 3.23. The van der Waals surface area contributed by atoms with Crippen molar-refractivity contribution >= 4 is 6.21 Å². The fraction of sp³-hybridized carbons (Fsp3) is 0.375. The zero-order valence-corrected chi connectivity index (χ0v) is 6.20. The number of hydrogen-bond acceptors (Lipinski definition) is 2. The van der Waals surface area contributed by atoms with Crippen LogP contribution < -0.4 is 0 Å². The number of nitrogens with zero attached hydrogens (tertiary/aromatic N) is 1. The smallest absolute Gasteiger partial charge is 0.115 e. The molecule has 0 aliphatic carbocycles. The van der Waals surface area contributed by atoms with E-state index in [0.29, 0.717) is 0 Å². The minimum Gasteiger partial charge on any atom is -0.380 e. The van der Waals surface area contributed by atoms with Crippen molar-refractivity contribution in [2.45, 2.75) is 19.4 Å². The van der Waals surface area contributed by atoms with Crippen LogP contribution >= 0.6 is 0 Å². The fourth-order valence-electron chi connectivity index (χ4n) is 0.901. The zero-order valence-electron chi connectivity index (χ0n) is 6.20. The SMILES string of the molecule is CC1=CC(C)(O)C=NC=C1. The maximum absolute atomic E-state index is 9.46. The number of rotatable bonds is 0. The predicted molar refractivity (Wildman–Crippen MR) is 42.0 cm³/mol. The van der Waals surface area contributed by atoms with Crippen LogP contribution in [0.4, 0.5) is 0 Å². The highest BCUT2D eigenvalue weighted by Gasteiger charge is 2.13. The van der Waals surface area contributed by atoms with E-state index in [1.165, 1.54) is 6.21 Å². The first-order chi connectivity index (χ1) is 4.60. The van der Waals surface area contributed by atoms with Crippen molar-refractivity contribution in [3.63, 3.8) is 0 Å². The topological polar surface area (TPSA) is 32.6 Å². The van der Waals surface area contributed by atoms with Gasteiger partial charge in [-0.1, -0.05) is 5.57 Å². The van der Waals surface area contributed by atoms with Gasteiger partial charge in [0, 0.05) is 12.4 Å². The van der Waals surface area contributed by atoms with Gasteiger partial charge < -0.3 is 5.11 Å². The highest BCUT2D eigenvalue weighted by atomic mass is 16.3. The Hall–Kier alpha value is -0.890. The second-order valence-corrected chi connectivity index (χ2v) is 2.71. The van der Waals surface area contributed by atoms with E-state index in [1.807, 2.05) is 13.0 Å². The van der Waals surface area contributed by atoms with Crippen LogP contribution in [0.25, 0.3) is 0 Å². The van der Waals surface area contributed by atoms with Crippen LogP contribution in [0.2, 0.25) is 0 Å². The summed E-state index contributed by atoms with van der Waals surface area (Å²) < 4.78 is 0. The molecule has 0 amide bonds. The van der Waals surface area contributed by atoms with E-state index in [1.54, 1.807) is 19.2 Å². The first kappa shape index (κ1) is 7.22. The normalized spacial score (nSPS) is 31.7. The third kappa shape index (κ3) is 1.81. The fourth-order valence-corrected chi connectivity index (χ4v) is 0.901. The lowest BCUT2D eigenvalue weighted by Crippen LogP contribution is -2.22. The number of hydrogen-bond donors (Lipinski definition) is 1. The Labute approximate surface area is 60.6 Å². The summed E-state index contributed by atoms with van der Waals surface area (Å²) in [6.45, 7) is 3.63. The lowest BCUT2D eigenvalue weighted by atomic mass is 10.1. The quantitative estimate of drug-likeness (QED) is 0.536. The molecule has 0 bridgehead atoms. The van der Waals surface area contributed by atoms with Gasteiger partial charge in [-0.3, -0.25) is 4.99 Å². The summed E-state index contributed by atoms with van der Waals surface area (Å²) in [5.41, 5.74) is 0.149. The summed E-state index contributed by atoms with van der Waals surface area (Å²) in [5, 5.41) is 9.46. The lowest BCUT2D eigenvalue weighted by Gasteiger charge is -2.10. The van der Waals surface area contributed by atoms with Crippen molar-refractivity contribution in [1.29, 1.82) is 0 Å². The van der Waals surface area contributed by atoms with E-state index in [0.717, 1.165) is 5.57 Å². The first-order valence-electron chi connectivity index (χ1n) is 3.23. The molecule has 0 aromatic heterocycles. The average molecular weight is 137 g/mol. The molecule has 1 unspecified atom stereocenters. The molecular weight excluding hydrogens is 126 g/mol. The van der Waals surface area contributed by atoms with E-state index in [9.17, 15) is 5.11 Å². The molecule has 0 aromatic rings. The summed E-state index contributed by atoms with van der Waals surface area (Å²) in [5.74, 6) is 0. The highest BCUT2D eigenvalue weighted by molar-refractivity contribution is 5.72. The summed E-state index contributed by atoms with van der Waals surface area (Å²) >= 11 is 0. The highest BCUT2D eigenvalue weighted by Crippen LogP contribution is 2.10. The maximum Gasteiger partial charge on any atom is 0.115 e. The summed E-state index contributed by atoms with van der Waals surface area (Å²) in [4.78, 5) is 3.87. The van der Waals surface area contributed by atoms with Crippen molar-refractivity contribution in [2.75, 3.05) is 0 Å². The summed E-state index contributed by atoms with van der Waals surface area (Å²) in [7, 11) is 0. The zero-order chi connectivity index (χ0) is 7.61. The molecular formula is C8H11NO. The van der Waals surface area contributed by atoms with Gasteiger partial charge in [-0.15, -0.1) is 0 Å². The van der Waals surface area contributed by atoms with E-state index in [2.05, 4.69) is 4.99 Å². The molecule has 54 valence electrons. The largest absolute Gasteiger partial charge is 0.380 e. The minimum atomic E-state index is -0.881. The van der Waals surface area contributed by atoms with Crippen molar-refractivity contribution in [2.24, 2.45) is 4.99 Å². The van der Waals surface area contributed by atoms with Gasteiger partial charge in [0.25, 0.3) is 0 Å². The van der Waals surface area contributed by atoms with Gasteiger partial charge in [-0.25, -0.2) is 0 Å². The van der Waals surface area contributed by atoms with Crippen LogP contribution in [0.5, 0.6) is 0 Å². The lowest BCUT2D eigenvalue weighted by molar-refractivity contribution is 0.189. The van der Waals surface area contributed by atoms with Gasteiger partial charge in [0.1, 0.15) is 5.60 Å². The molecule has 1 heterocycles. The minimum absolute atomic E-state index is 0.881. The third-order valence-electron chi connectivity index (χ3n) is 1.28. The second-order valence-electron chi connectivity index (χ2n) is 2.71. The summed E-state index contributed by atoms with van der Waals surface area (Å²) in [6, 6.07) is 0. The number of aliphatic imine (C=N–C) groups is 1. The molecule has 0 saturated heterocycles. The molecule has 0 saturated carbocycles. The van der Waals surface area contributed by atoms with Crippen molar-refractivity contribution < 1.29 is 5.11 Å². The van der Waals surface area contributed by atoms with E-state index in [4.69, 9.17) is 0 Å². The van der Waals surface area contributed by atoms with E-state index < -0.39 is 5.60 Å². The monoisotopic (exact) mass is 137 g/mol. The van der Waals surface area contributed by atoms with Gasteiger partial charge in [-0.05, 0) is 26.0 Å². The molecule has 2 heteroatoms. The second kappa shape index (κ2) is 2.39. The van der Waals surface area contributed by atoms with Gasteiger partial charge in [0.2, 0.25) is 0 Å². The Morgan fingerprint density at radius 3 is 3.00 bits per heavy atom. The van der Waals surface area contributed by atoms with Gasteiger partial charge in [-0.2, -0.15) is 0 Å². The van der Waals surface area contributed by atoms with E-state index in [-0.39, 0.29) is 0 Å². The molecule has 1 aliphatic rings. The molecule has 1 N–H and O–H groups in total. The Bertz CT molecular complexity index is 211. The molecule has 0 aromatic carbocycles. The van der Waals surface area contributed by atoms with Gasteiger partial charge in [0.05, 0.1) is 0 Å². The standard InChI is InChI=1S/C8H11NO/c1-7-3-4-9-6-8(2,10)5-7/h3-6,10H,1-2H3. The Morgan fingerprint density at radius 1 is 1.60 bits per heavy atom. The summed E-state index contributed by atoms with van der Waals surface area (Å²) in [6.07, 6.45) is 6.81. The van der Waals surface area contributed by atoms with E-state index >= 15 is 0 Å². The number of aliphatic hydroxyl groups is 1. The third-order valence-corrected chi connectivity index (χ3v) is 1.28. The molecule has 1 atom stereocenters. The van der Waals surface area contributed by atoms with Crippen molar-refractivity contribution in [3.8, 4) is 0 Å². The van der Waals surface area contributed by atoms with Gasteiger partial charge >= 0.3 is 0 Å². The molecule has 1 aliphatic heterocycles. The van der Waals surface area contributed by atoms with Gasteiger partial charge in [0.15, 0.2) is 0 Å². The average Bonchev–Trinajstić information content (AvgIpc) is 1.90. The number of allylic oxidation sites excluding steroid dienone is 2. The van der Waals surface area contributed by atoms with Crippen LogP contribution in [0, 0.1) is 0 Å². The Morgan fingerprint density at radius 2 is 2.30 bits per heavy atom. The molecule has 0 radical (unpaired) electrons. The molecule has 10 heavy (non-hydrogen) atoms. The molecule has 1 rings (SSSR count). The maximum atomic E-state index is 9.46. The van der Waals surface area contributed by atoms with Crippen LogP contribution in [-0.2, 0) is 0 Å². The Balaban J connectivity index is 2.93. The molecule has 0 fully saturated rings. The Kier molecular flexibility index (Phi) is 1.72. The molecule has 2 nitrogen and oxygen atoms in total. The predicted octanol–water partition coefficient (Wildman–Crippen LogP) is 1.28.